The first-order chi connectivity index (χ1) is 7.68. The van der Waals surface area contributed by atoms with Gasteiger partial charge in [-0.2, -0.15) is 0 Å². The Morgan fingerprint density at radius 1 is 1.50 bits per heavy atom. The van der Waals surface area contributed by atoms with E-state index in [9.17, 15) is 9.59 Å². The minimum absolute atomic E-state index is 0.142. The van der Waals surface area contributed by atoms with Crippen LogP contribution in [-0.2, 0) is 4.79 Å². The Labute approximate surface area is 92.7 Å². The lowest BCUT2D eigenvalue weighted by Gasteiger charge is -2.15. The van der Waals surface area contributed by atoms with Gasteiger partial charge in [0.1, 0.15) is 0 Å². The van der Waals surface area contributed by atoms with Crippen molar-refractivity contribution in [3.8, 4) is 0 Å². The normalized spacial score (nSPS) is 19.8. The van der Waals surface area contributed by atoms with Crippen LogP contribution < -0.4 is 0 Å². The zero-order valence-corrected chi connectivity index (χ0v) is 8.67. The highest BCUT2D eigenvalue weighted by atomic mass is 16.4. The fraction of sp³-hybridized carbons (Fsp3) is 0.364. The molecule has 0 bridgehead atoms. The monoisotopic (exact) mass is 220 g/mol. The molecule has 1 aromatic rings. The highest BCUT2D eigenvalue weighted by Crippen LogP contribution is 2.18. The Morgan fingerprint density at radius 2 is 2.31 bits per heavy atom. The number of amides is 1. The number of hydrogen-bond acceptors (Lipinski definition) is 3. The van der Waals surface area contributed by atoms with Crippen LogP contribution in [0.1, 0.15) is 16.8 Å². The largest absolute Gasteiger partial charge is 0.481 e. The highest BCUT2D eigenvalue weighted by Gasteiger charge is 2.31. The van der Waals surface area contributed by atoms with Gasteiger partial charge >= 0.3 is 5.97 Å². The van der Waals surface area contributed by atoms with Crippen LogP contribution in [0.4, 0.5) is 0 Å². The van der Waals surface area contributed by atoms with Crippen molar-refractivity contribution in [3.63, 3.8) is 0 Å². The second kappa shape index (κ2) is 4.30. The summed E-state index contributed by atoms with van der Waals surface area (Å²) < 4.78 is 0. The number of carboxylic acids is 1. The number of carbonyl (C=O) groups excluding carboxylic acids is 1. The van der Waals surface area contributed by atoms with Crippen molar-refractivity contribution in [2.24, 2.45) is 5.92 Å². The lowest BCUT2D eigenvalue weighted by atomic mass is 10.1. The lowest BCUT2D eigenvalue weighted by molar-refractivity contribution is -0.141. The average Bonchev–Trinajstić information content (AvgIpc) is 2.78. The number of carboxylic acid groups (broad SMARTS) is 1. The number of aliphatic carboxylic acids is 1. The third-order valence-corrected chi connectivity index (χ3v) is 2.73. The van der Waals surface area contributed by atoms with Crippen molar-refractivity contribution < 1.29 is 14.7 Å². The van der Waals surface area contributed by atoms with Gasteiger partial charge < -0.3 is 10.0 Å². The molecule has 1 fully saturated rings. The van der Waals surface area contributed by atoms with Gasteiger partial charge in [-0.1, -0.05) is 0 Å². The number of aromatic nitrogens is 1. The van der Waals surface area contributed by atoms with Gasteiger partial charge in [-0.3, -0.25) is 14.6 Å². The fourth-order valence-electron chi connectivity index (χ4n) is 1.82. The molecule has 0 aromatic carbocycles. The van der Waals surface area contributed by atoms with E-state index in [1.54, 1.807) is 23.2 Å². The van der Waals surface area contributed by atoms with Crippen molar-refractivity contribution in [3.05, 3.63) is 30.1 Å². The summed E-state index contributed by atoms with van der Waals surface area (Å²) in [6, 6.07) is 3.38. The minimum Gasteiger partial charge on any atom is -0.481 e. The number of carbonyl (C=O) groups is 2. The molecule has 0 radical (unpaired) electrons. The standard InChI is InChI=1S/C11H12N2O3/c14-10(8-2-1-4-12-6-8)13-5-3-9(7-13)11(15)16/h1-2,4,6,9H,3,5,7H2,(H,15,16)/t9-/m0/s1. The summed E-state index contributed by atoms with van der Waals surface area (Å²) in [5, 5.41) is 8.83. The minimum atomic E-state index is -0.832. The van der Waals surface area contributed by atoms with Gasteiger partial charge in [0.2, 0.25) is 0 Å². The molecule has 1 saturated heterocycles. The molecule has 1 amide bonds. The van der Waals surface area contributed by atoms with Gasteiger partial charge in [0.25, 0.3) is 5.91 Å². The van der Waals surface area contributed by atoms with Gasteiger partial charge in [-0.25, -0.2) is 0 Å². The topological polar surface area (TPSA) is 70.5 Å². The SMILES string of the molecule is O=C(O)[C@H]1CCN(C(=O)c2cccnc2)C1. The van der Waals surface area contributed by atoms with E-state index in [0.717, 1.165) is 0 Å². The molecule has 1 aromatic heterocycles. The molecule has 5 nitrogen and oxygen atoms in total. The highest BCUT2D eigenvalue weighted by molar-refractivity contribution is 5.94. The second-order valence-corrected chi connectivity index (χ2v) is 3.82. The maximum absolute atomic E-state index is 11.9. The third kappa shape index (κ3) is 2.03. The first-order valence-corrected chi connectivity index (χ1v) is 5.10. The molecule has 1 aliphatic rings. The summed E-state index contributed by atoms with van der Waals surface area (Å²) in [7, 11) is 0. The maximum atomic E-state index is 11.9. The van der Waals surface area contributed by atoms with E-state index in [2.05, 4.69) is 4.98 Å². The van der Waals surface area contributed by atoms with Crippen LogP contribution in [0, 0.1) is 5.92 Å². The number of nitrogens with zero attached hydrogens (tertiary/aromatic N) is 2. The van der Waals surface area contributed by atoms with Gasteiger partial charge in [-0.15, -0.1) is 0 Å². The van der Waals surface area contributed by atoms with Crippen molar-refractivity contribution >= 4 is 11.9 Å². The van der Waals surface area contributed by atoms with Gasteiger partial charge in [0, 0.05) is 25.5 Å². The summed E-state index contributed by atoms with van der Waals surface area (Å²) in [5.74, 6) is -1.40. The molecule has 5 heteroatoms. The molecule has 0 unspecified atom stereocenters. The Balaban J connectivity index is 2.05. The van der Waals surface area contributed by atoms with Crippen LogP contribution in [0.2, 0.25) is 0 Å². The maximum Gasteiger partial charge on any atom is 0.308 e. The van der Waals surface area contributed by atoms with Crippen molar-refractivity contribution in [1.82, 2.24) is 9.88 Å². The van der Waals surface area contributed by atoms with Crippen LogP contribution in [0.15, 0.2) is 24.5 Å². The number of hydrogen-bond donors (Lipinski definition) is 1. The zero-order chi connectivity index (χ0) is 11.5. The van der Waals surface area contributed by atoms with E-state index < -0.39 is 11.9 Å². The molecule has 2 rings (SSSR count). The molecule has 1 atom stereocenters. The Bertz CT molecular complexity index is 405. The van der Waals surface area contributed by atoms with Crippen molar-refractivity contribution in [1.29, 1.82) is 0 Å². The smallest absolute Gasteiger partial charge is 0.308 e. The molecule has 1 aliphatic heterocycles. The molecule has 0 spiro atoms. The van der Waals surface area contributed by atoms with Gasteiger partial charge in [0.15, 0.2) is 0 Å². The van der Waals surface area contributed by atoms with Gasteiger partial charge in [-0.05, 0) is 18.6 Å². The molecular formula is C11H12N2O3. The van der Waals surface area contributed by atoms with E-state index in [1.807, 2.05) is 0 Å². The summed E-state index contributed by atoms with van der Waals surface area (Å²) in [5.41, 5.74) is 0.508. The first-order valence-electron chi connectivity index (χ1n) is 5.10. The third-order valence-electron chi connectivity index (χ3n) is 2.73. The second-order valence-electron chi connectivity index (χ2n) is 3.82. The predicted molar refractivity (Wildman–Crippen MR) is 55.9 cm³/mol. The first kappa shape index (κ1) is 10.6. The zero-order valence-electron chi connectivity index (χ0n) is 8.67. The number of pyridine rings is 1. The molecule has 84 valence electrons. The van der Waals surface area contributed by atoms with E-state index >= 15 is 0 Å². The number of rotatable bonds is 2. The fourth-order valence-corrected chi connectivity index (χ4v) is 1.82. The van der Waals surface area contributed by atoms with E-state index in [-0.39, 0.29) is 5.91 Å². The molecular weight excluding hydrogens is 208 g/mol. The molecule has 0 saturated carbocycles. The quantitative estimate of drug-likeness (QED) is 0.793. The summed E-state index contributed by atoms with van der Waals surface area (Å²) >= 11 is 0. The van der Waals surface area contributed by atoms with Crippen molar-refractivity contribution in [2.75, 3.05) is 13.1 Å². The Morgan fingerprint density at radius 3 is 2.88 bits per heavy atom. The van der Waals surface area contributed by atoms with E-state index in [4.69, 9.17) is 5.11 Å². The summed E-state index contributed by atoms with van der Waals surface area (Å²) in [6.45, 7) is 0.799. The van der Waals surface area contributed by atoms with Gasteiger partial charge in [0.05, 0.1) is 11.5 Å². The molecule has 1 N–H and O–H groups in total. The van der Waals surface area contributed by atoms with Crippen LogP contribution >= 0.6 is 0 Å². The Kier molecular flexibility index (Phi) is 2.85. The molecule has 0 aliphatic carbocycles. The van der Waals surface area contributed by atoms with E-state index in [0.29, 0.717) is 25.1 Å². The molecule has 2 heterocycles. The van der Waals surface area contributed by atoms with Crippen molar-refractivity contribution in [2.45, 2.75) is 6.42 Å². The lowest BCUT2D eigenvalue weighted by Crippen LogP contribution is -2.29. The molecule has 16 heavy (non-hydrogen) atoms. The predicted octanol–water partition coefficient (Wildman–Crippen LogP) is 0.628. The van der Waals surface area contributed by atoms with E-state index in [1.165, 1.54) is 6.20 Å². The summed E-state index contributed by atoms with van der Waals surface area (Å²) in [4.78, 5) is 28.1. The Hall–Kier alpha value is -1.91. The van der Waals surface area contributed by atoms with Crippen LogP contribution in [0.25, 0.3) is 0 Å². The number of likely N-dealkylation sites (tertiary alicyclic amines) is 1. The summed E-state index contributed by atoms with van der Waals surface area (Å²) in [6.07, 6.45) is 3.62. The van der Waals surface area contributed by atoms with Crippen LogP contribution in [-0.4, -0.2) is 40.0 Å². The van der Waals surface area contributed by atoms with Crippen LogP contribution in [0.5, 0.6) is 0 Å². The van der Waals surface area contributed by atoms with Crippen LogP contribution in [0.3, 0.4) is 0 Å². The average molecular weight is 220 g/mol.